The Kier molecular flexibility index (Phi) is 3.97. The summed E-state index contributed by atoms with van der Waals surface area (Å²) in [4.78, 5) is 3.97. The third-order valence-electron chi connectivity index (χ3n) is 2.90. The van der Waals surface area contributed by atoms with E-state index >= 15 is 0 Å². The zero-order valence-corrected chi connectivity index (χ0v) is 10.8. The average Bonchev–Trinajstić information content (AvgIpc) is 2.46. The first-order valence-corrected chi connectivity index (χ1v) is 5.74. The minimum absolute atomic E-state index is 0.362. The van der Waals surface area contributed by atoms with Crippen LogP contribution in [0.2, 0.25) is 0 Å². The van der Waals surface area contributed by atoms with Gasteiger partial charge in [-0.1, -0.05) is 0 Å². The molecular formula is C14H15FN2O2. The van der Waals surface area contributed by atoms with Crippen LogP contribution in [0.5, 0.6) is 11.5 Å². The number of methoxy groups -OCH3 is 2. The fourth-order valence-electron chi connectivity index (χ4n) is 1.93. The number of nitrogens with two attached hydrogens (primary N) is 1. The highest BCUT2D eigenvalue weighted by atomic mass is 19.1. The number of hydrogen-bond acceptors (Lipinski definition) is 4. The Morgan fingerprint density at radius 3 is 2.53 bits per heavy atom. The van der Waals surface area contributed by atoms with E-state index in [-0.39, 0.29) is 5.82 Å². The van der Waals surface area contributed by atoms with Crippen molar-refractivity contribution in [3.63, 3.8) is 0 Å². The molecule has 1 aromatic heterocycles. The molecule has 2 N–H and O–H groups in total. The zero-order valence-electron chi connectivity index (χ0n) is 10.8. The van der Waals surface area contributed by atoms with Gasteiger partial charge in [0.25, 0.3) is 0 Å². The Morgan fingerprint density at radius 2 is 1.84 bits per heavy atom. The first kappa shape index (κ1) is 13.3. The minimum atomic E-state index is -0.552. The summed E-state index contributed by atoms with van der Waals surface area (Å²) >= 11 is 0. The SMILES string of the molecule is COc1cnccc1C(N)c1cc(F)ccc1OC. The molecule has 19 heavy (non-hydrogen) atoms. The van der Waals surface area contributed by atoms with E-state index in [0.717, 1.165) is 5.56 Å². The Hall–Kier alpha value is -2.14. The number of nitrogens with zero attached hydrogens (tertiary/aromatic N) is 1. The lowest BCUT2D eigenvalue weighted by Crippen LogP contribution is -2.14. The van der Waals surface area contributed by atoms with Gasteiger partial charge >= 0.3 is 0 Å². The summed E-state index contributed by atoms with van der Waals surface area (Å²) in [5.41, 5.74) is 7.47. The van der Waals surface area contributed by atoms with Gasteiger partial charge in [-0.15, -0.1) is 0 Å². The van der Waals surface area contributed by atoms with E-state index in [1.54, 1.807) is 24.5 Å². The zero-order chi connectivity index (χ0) is 13.8. The quantitative estimate of drug-likeness (QED) is 0.918. The maximum Gasteiger partial charge on any atom is 0.142 e. The van der Waals surface area contributed by atoms with Crippen LogP contribution in [0.3, 0.4) is 0 Å². The lowest BCUT2D eigenvalue weighted by Gasteiger charge is -2.18. The molecule has 0 saturated carbocycles. The summed E-state index contributed by atoms with van der Waals surface area (Å²) in [5, 5.41) is 0. The van der Waals surface area contributed by atoms with Crippen molar-refractivity contribution in [2.75, 3.05) is 14.2 Å². The molecule has 0 aliphatic heterocycles. The summed E-state index contributed by atoms with van der Waals surface area (Å²) in [7, 11) is 3.06. The lowest BCUT2D eigenvalue weighted by molar-refractivity contribution is 0.398. The van der Waals surface area contributed by atoms with E-state index in [9.17, 15) is 4.39 Å². The van der Waals surface area contributed by atoms with E-state index in [0.29, 0.717) is 17.1 Å². The van der Waals surface area contributed by atoms with Gasteiger partial charge in [-0.3, -0.25) is 4.98 Å². The first-order valence-electron chi connectivity index (χ1n) is 5.74. The van der Waals surface area contributed by atoms with Crippen LogP contribution in [0, 0.1) is 5.82 Å². The predicted octanol–water partition coefficient (Wildman–Crippen LogP) is 2.29. The number of halogens is 1. The molecule has 1 unspecified atom stereocenters. The molecule has 0 radical (unpaired) electrons. The van der Waals surface area contributed by atoms with Crippen molar-refractivity contribution < 1.29 is 13.9 Å². The van der Waals surface area contributed by atoms with Crippen molar-refractivity contribution in [3.8, 4) is 11.5 Å². The normalized spacial score (nSPS) is 12.0. The molecule has 100 valence electrons. The largest absolute Gasteiger partial charge is 0.496 e. The van der Waals surface area contributed by atoms with E-state index < -0.39 is 6.04 Å². The molecule has 0 aliphatic rings. The van der Waals surface area contributed by atoms with Gasteiger partial charge in [0.05, 0.1) is 26.5 Å². The summed E-state index contributed by atoms with van der Waals surface area (Å²) in [6.07, 6.45) is 3.18. The first-order chi connectivity index (χ1) is 9.17. The Bertz CT molecular complexity index is 575. The molecule has 1 aromatic carbocycles. The monoisotopic (exact) mass is 262 g/mol. The van der Waals surface area contributed by atoms with Crippen LogP contribution in [0.15, 0.2) is 36.7 Å². The van der Waals surface area contributed by atoms with Crippen molar-refractivity contribution >= 4 is 0 Å². The van der Waals surface area contributed by atoms with E-state index in [1.807, 2.05) is 0 Å². The number of hydrogen-bond donors (Lipinski definition) is 1. The molecule has 4 nitrogen and oxygen atoms in total. The Morgan fingerprint density at radius 1 is 1.11 bits per heavy atom. The fraction of sp³-hybridized carbons (Fsp3) is 0.214. The van der Waals surface area contributed by atoms with Gasteiger partial charge in [-0.2, -0.15) is 0 Å². The molecule has 2 rings (SSSR count). The van der Waals surface area contributed by atoms with E-state index in [1.165, 1.54) is 26.4 Å². The topological polar surface area (TPSA) is 57.4 Å². The number of aromatic nitrogens is 1. The van der Waals surface area contributed by atoms with Gasteiger partial charge in [0, 0.05) is 17.3 Å². The van der Waals surface area contributed by atoms with Gasteiger partial charge in [0.2, 0.25) is 0 Å². The second-order valence-corrected chi connectivity index (χ2v) is 3.98. The second-order valence-electron chi connectivity index (χ2n) is 3.98. The number of rotatable bonds is 4. The third-order valence-corrected chi connectivity index (χ3v) is 2.90. The fourth-order valence-corrected chi connectivity index (χ4v) is 1.93. The van der Waals surface area contributed by atoms with Crippen LogP contribution in [-0.2, 0) is 0 Å². The van der Waals surface area contributed by atoms with Crippen molar-refractivity contribution in [2.24, 2.45) is 5.73 Å². The Balaban J connectivity index is 2.49. The molecule has 0 bridgehead atoms. The van der Waals surface area contributed by atoms with Crippen LogP contribution in [0.1, 0.15) is 17.2 Å². The van der Waals surface area contributed by atoms with Gasteiger partial charge in [-0.25, -0.2) is 4.39 Å². The molecule has 0 saturated heterocycles. The highest BCUT2D eigenvalue weighted by molar-refractivity contribution is 5.45. The smallest absolute Gasteiger partial charge is 0.142 e. The van der Waals surface area contributed by atoms with Crippen LogP contribution < -0.4 is 15.2 Å². The minimum Gasteiger partial charge on any atom is -0.496 e. The van der Waals surface area contributed by atoms with Gasteiger partial charge in [-0.05, 0) is 24.3 Å². The summed E-state index contributed by atoms with van der Waals surface area (Å²) in [6, 6.07) is 5.44. The molecule has 0 aliphatic carbocycles. The lowest BCUT2D eigenvalue weighted by atomic mass is 9.99. The molecule has 5 heteroatoms. The van der Waals surface area contributed by atoms with E-state index in [2.05, 4.69) is 4.98 Å². The van der Waals surface area contributed by atoms with Crippen molar-refractivity contribution in [1.82, 2.24) is 4.98 Å². The number of pyridine rings is 1. The third kappa shape index (κ3) is 2.66. The molecule has 2 aromatic rings. The van der Waals surface area contributed by atoms with Crippen LogP contribution in [0.25, 0.3) is 0 Å². The average molecular weight is 262 g/mol. The molecule has 0 spiro atoms. The second kappa shape index (κ2) is 5.67. The van der Waals surface area contributed by atoms with Crippen molar-refractivity contribution in [2.45, 2.75) is 6.04 Å². The van der Waals surface area contributed by atoms with Crippen molar-refractivity contribution in [1.29, 1.82) is 0 Å². The number of ether oxygens (including phenoxy) is 2. The van der Waals surface area contributed by atoms with Crippen LogP contribution in [-0.4, -0.2) is 19.2 Å². The molecule has 1 heterocycles. The van der Waals surface area contributed by atoms with Crippen LogP contribution >= 0.6 is 0 Å². The van der Waals surface area contributed by atoms with Gasteiger partial charge in [0.1, 0.15) is 17.3 Å². The predicted molar refractivity (Wildman–Crippen MR) is 69.8 cm³/mol. The number of benzene rings is 1. The maximum absolute atomic E-state index is 13.4. The highest BCUT2D eigenvalue weighted by Gasteiger charge is 2.18. The van der Waals surface area contributed by atoms with Gasteiger partial charge < -0.3 is 15.2 Å². The molecule has 0 amide bonds. The van der Waals surface area contributed by atoms with Crippen molar-refractivity contribution in [3.05, 3.63) is 53.6 Å². The Labute approximate surface area is 111 Å². The molecule has 0 fully saturated rings. The maximum atomic E-state index is 13.4. The standard InChI is InChI=1S/C14H15FN2O2/c1-18-12-4-3-9(15)7-11(12)14(16)10-5-6-17-8-13(10)19-2/h3-8,14H,16H2,1-2H3. The summed E-state index contributed by atoms with van der Waals surface area (Å²) in [6.45, 7) is 0. The molecule has 1 atom stereocenters. The summed E-state index contributed by atoms with van der Waals surface area (Å²) in [5.74, 6) is 0.730. The van der Waals surface area contributed by atoms with Crippen LogP contribution in [0.4, 0.5) is 4.39 Å². The highest BCUT2D eigenvalue weighted by Crippen LogP contribution is 2.32. The molecular weight excluding hydrogens is 247 g/mol. The van der Waals surface area contributed by atoms with E-state index in [4.69, 9.17) is 15.2 Å². The van der Waals surface area contributed by atoms with Gasteiger partial charge in [0.15, 0.2) is 0 Å². The summed E-state index contributed by atoms with van der Waals surface area (Å²) < 4.78 is 23.8.